The van der Waals surface area contributed by atoms with Crippen LogP contribution >= 0.6 is 0 Å². The summed E-state index contributed by atoms with van der Waals surface area (Å²) in [5.41, 5.74) is 3.57. The van der Waals surface area contributed by atoms with Gasteiger partial charge in [-0.05, 0) is 49.3 Å². The topological polar surface area (TPSA) is 66.5 Å². The van der Waals surface area contributed by atoms with E-state index in [-0.39, 0.29) is 29.9 Å². The summed E-state index contributed by atoms with van der Waals surface area (Å²) in [6.07, 6.45) is 2.66. The summed E-state index contributed by atoms with van der Waals surface area (Å²) in [6.45, 7) is 7.76. The lowest BCUT2D eigenvalue weighted by Gasteiger charge is -2.31. The zero-order valence-electron chi connectivity index (χ0n) is 19.4. The molecule has 5 nitrogen and oxygen atoms in total. The maximum absolute atomic E-state index is 12.9. The lowest BCUT2D eigenvalue weighted by atomic mass is 9.88. The van der Waals surface area contributed by atoms with Gasteiger partial charge in [-0.3, -0.25) is 14.4 Å². The summed E-state index contributed by atoms with van der Waals surface area (Å²) in [4.78, 5) is 39.5. The minimum atomic E-state index is -0.153. The fourth-order valence-corrected chi connectivity index (χ4v) is 4.27. The number of nitrogens with one attached hydrogen (secondary N) is 1. The fourth-order valence-electron chi connectivity index (χ4n) is 4.27. The molecular weight excluding hydrogens is 400 g/mol. The fraction of sp³-hybridized carbons (Fsp3) is 0.444. The molecule has 0 atom stereocenters. The van der Waals surface area contributed by atoms with E-state index < -0.39 is 0 Å². The number of hydrogen-bond acceptors (Lipinski definition) is 3. The Bertz CT molecular complexity index is 942. The van der Waals surface area contributed by atoms with Crippen LogP contribution < -0.4 is 5.32 Å². The Morgan fingerprint density at radius 1 is 1.00 bits per heavy atom. The van der Waals surface area contributed by atoms with Crippen LogP contribution in [0.5, 0.6) is 0 Å². The number of aryl methyl sites for hydroxylation is 1. The predicted octanol–water partition coefficient (Wildman–Crippen LogP) is 4.43. The van der Waals surface area contributed by atoms with Crippen molar-refractivity contribution in [2.24, 2.45) is 11.8 Å². The highest BCUT2D eigenvalue weighted by atomic mass is 16.2. The molecule has 170 valence electrons. The first-order chi connectivity index (χ1) is 15.3. The molecule has 0 radical (unpaired) electrons. The normalized spacial score (nSPS) is 14.4. The lowest BCUT2D eigenvalue weighted by molar-refractivity contribution is -0.132. The quantitative estimate of drug-likeness (QED) is 0.625. The maximum atomic E-state index is 12.9. The maximum Gasteiger partial charge on any atom is 0.251 e. The Morgan fingerprint density at radius 2 is 1.66 bits per heavy atom. The monoisotopic (exact) mass is 434 g/mol. The molecule has 1 heterocycles. The molecule has 5 heteroatoms. The van der Waals surface area contributed by atoms with E-state index >= 15 is 0 Å². The summed E-state index contributed by atoms with van der Waals surface area (Å²) < 4.78 is 0. The van der Waals surface area contributed by atoms with Crippen molar-refractivity contribution in [2.45, 2.75) is 46.5 Å². The zero-order chi connectivity index (χ0) is 23.1. The van der Waals surface area contributed by atoms with Gasteiger partial charge < -0.3 is 10.2 Å². The molecule has 2 aromatic rings. The van der Waals surface area contributed by atoms with Crippen LogP contribution in [0.3, 0.4) is 0 Å². The molecule has 32 heavy (non-hydrogen) atoms. The Morgan fingerprint density at radius 3 is 2.28 bits per heavy atom. The summed E-state index contributed by atoms with van der Waals surface area (Å²) in [5, 5.41) is 2.83. The Labute approximate surface area is 191 Å². The van der Waals surface area contributed by atoms with Crippen LogP contribution in [0.15, 0.2) is 48.5 Å². The highest BCUT2D eigenvalue weighted by Crippen LogP contribution is 2.23. The highest BCUT2D eigenvalue weighted by molar-refractivity contribution is 5.98. The molecule has 1 aliphatic heterocycles. The van der Waals surface area contributed by atoms with Gasteiger partial charge in [0.15, 0.2) is 5.78 Å². The molecule has 1 fully saturated rings. The minimum Gasteiger partial charge on any atom is -0.352 e. The van der Waals surface area contributed by atoms with Gasteiger partial charge in [0, 0.05) is 43.1 Å². The first-order valence-corrected chi connectivity index (χ1v) is 11.6. The molecule has 0 unspecified atom stereocenters. The second kappa shape index (κ2) is 11.1. The number of likely N-dealkylation sites (tertiary alicyclic amines) is 1. The number of benzene rings is 2. The van der Waals surface area contributed by atoms with Gasteiger partial charge in [-0.25, -0.2) is 0 Å². The smallest absolute Gasteiger partial charge is 0.251 e. The third-order valence-corrected chi connectivity index (χ3v) is 6.11. The number of amides is 2. The van der Waals surface area contributed by atoms with Gasteiger partial charge in [0.2, 0.25) is 5.91 Å². The first kappa shape index (κ1) is 23.7. The number of carbonyl (C=O) groups excluding carboxylic acids is 3. The van der Waals surface area contributed by atoms with Gasteiger partial charge in [0.05, 0.1) is 0 Å². The van der Waals surface area contributed by atoms with Crippen molar-refractivity contribution < 1.29 is 14.4 Å². The van der Waals surface area contributed by atoms with Crippen molar-refractivity contribution in [1.82, 2.24) is 10.2 Å². The largest absolute Gasteiger partial charge is 0.352 e. The van der Waals surface area contributed by atoms with Gasteiger partial charge in [-0.2, -0.15) is 0 Å². The van der Waals surface area contributed by atoms with Crippen LogP contribution in [0.1, 0.15) is 65.0 Å². The summed E-state index contributed by atoms with van der Waals surface area (Å²) in [5.74, 6) is 0.613. The number of piperidine rings is 1. The highest BCUT2D eigenvalue weighted by Gasteiger charge is 2.27. The van der Waals surface area contributed by atoms with Gasteiger partial charge in [-0.15, -0.1) is 0 Å². The van der Waals surface area contributed by atoms with Crippen LogP contribution in [0.2, 0.25) is 0 Å². The van der Waals surface area contributed by atoms with E-state index in [2.05, 4.69) is 31.3 Å². The third-order valence-electron chi connectivity index (χ3n) is 6.11. The van der Waals surface area contributed by atoms with E-state index in [1.165, 1.54) is 5.56 Å². The van der Waals surface area contributed by atoms with Crippen LogP contribution in [0.4, 0.5) is 0 Å². The number of ketones is 1. The summed E-state index contributed by atoms with van der Waals surface area (Å²) in [7, 11) is 0. The standard InChI is InChI=1S/C27H34N2O3/c1-19(2)18-21-8-10-22(11-9-21)26(31)23-13-16-29(17-14-23)25(30)12-15-28-27(32)24-7-5-4-6-20(24)3/h4-11,19,23H,12-18H2,1-3H3,(H,28,32). The number of nitrogens with zero attached hydrogens (tertiary/aromatic N) is 1. The Balaban J connectivity index is 1.42. The second-order valence-electron chi connectivity index (χ2n) is 9.14. The van der Waals surface area contributed by atoms with Crippen LogP contribution in [0.25, 0.3) is 0 Å². The van der Waals surface area contributed by atoms with Gasteiger partial charge >= 0.3 is 0 Å². The minimum absolute atomic E-state index is 0.0269. The van der Waals surface area contributed by atoms with Crippen LogP contribution in [-0.2, 0) is 11.2 Å². The summed E-state index contributed by atoms with van der Waals surface area (Å²) in [6, 6.07) is 15.4. The van der Waals surface area contributed by atoms with Gasteiger partial charge in [0.25, 0.3) is 5.91 Å². The van der Waals surface area contributed by atoms with Crippen LogP contribution in [0, 0.1) is 18.8 Å². The van der Waals surface area contributed by atoms with E-state index in [1.807, 2.05) is 42.2 Å². The van der Waals surface area contributed by atoms with Gasteiger partial charge in [0.1, 0.15) is 0 Å². The molecule has 2 amide bonds. The van der Waals surface area contributed by atoms with E-state index in [9.17, 15) is 14.4 Å². The van der Waals surface area contributed by atoms with E-state index in [4.69, 9.17) is 0 Å². The zero-order valence-corrected chi connectivity index (χ0v) is 19.4. The molecular formula is C27H34N2O3. The third kappa shape index (κ3) is 6.28. The second-order valence-corrected chi connectivity index (χ2v) is 9.14. The van der Waals surface area contributed by atoms with E-state index in [0.29, 0.717) is 44.0 Å². The molecule has 0 spiro atoms. The van der Waals surface area contributed by atoms with Crippen molar-refractivity contribution in [2.75, 3.05) is 19.6 Å². The van der Waals surface area contributed by atoms with E-state index in [0.717, 1.165) is 17.5 Å². The Hall–Kier alpha value is -2.95. The molecule has 1 aliphatic rings. The average Bonchev–Trinajstić information content (AvgIpc) is 2.79. The van der Waals surface area contributed by atoms with E-state index in [1.54, 1.807) is 6.07 Å². The molecule has 0 aliphatic carbocycles. The number of Topliss-reactive ketones (excluding diaryl/α,β-unsaturated/α-hetero) is 1. The summed E-state index contributed by atoms with van der Waals surface area (Å²) >= 11 is 0. The van der Waals surface area contributed by atoms with Gasteiger partial charge in [-0.1, -0.05) is 56.3 Å². The SMILES string of the molecule is Cc1ccccc1C(=O)NCCC(=O)N1CCC(C(=O)c2ccc(CC(C)C)cc2)CC1. The van der Waals surface area contributed by atoms with Crippen molar-refractivity contribution in [3.8, 4) is 0 Å². The number of rotatable bonds is 8. The first-order valence-electron chi connectivity index (χ1n) is 11.6. The van der Waals surface area contributed by atoms with Crippen molar-refractivity contribution in [3.05, 3.63) is 70.8 Å². The Kier molecular flexibility index (Phi) is 8.20. The predicted molar refractivity (Wildman–Crippen MR) is 127 cm³/mol. The van der Waals surface area contributed by atoms with Crippen molar-refractivity contribution in [3.63, 3.8) is 0 Å². The van der Waals surface area contributed by atoms with Crippen LogP contribution in [-0.4, -0.2) is 42.1 Å². The molecule has 1 N–H and O–H groups in total. The molecule has 1 saturated heterocycles. The number of carbonyl (C=O) groups is 3. The lowest BCUT2D eigenvalue weighted by Crippen LogP contribution is -2.41. The average molecular weight is 435 g/mol. The molecule has 0 saturated carbocycles. The molecule has 3 rings (SSSR count). The van der Waals surface area contributed by atoms with Crippen molar-refractivity contribution in [1.29, 1.82) is 0 Å². The van der Waals surface area contributed by atoms with Crippen molar-refractivity contribution >= 4 is 17.6 Å². The molecule has 0 bridgehead atoms. The molecule has 0 aromatic heterocycles. The molecule has 2 aromatic carbocycles. The number of hydrogen-bond donors (Lipinski definition) is 1.